The smallest absolute Gasteiger partial charge is 0.160 e. The summed E-state index contributed by atoms with van der Waals surface area (Å²) < 4.78 is 3.01. The van der Waals surface area contributed by atoms with E-state index in [9.17, 15) is 0 Å². The van der Waals surface area contributed by atoms with E-state index < -0.39 is 0 Å². The molecule has 0 unspecified atom stereocenters. The second-order valence-corrected chi connectivity index (χ2v) is 5.66. The molecule has 0 aliphatic carbocycles. The van der Waals surface area contributed by atoms with Crippen LogP contribution in [0.2, 0.25) is 0 Å². The van der Waals surface area contributed by atoms with Gasteiger partial charge in [-0.25, -0.2) is 9.97 Å². The van der Waals surface area contributed by atoms with Crippen molar-refractivity contribution in [2.24, 2.45) is 5.73 Å². The SMILES string of the molecule is Cc1cccc(-c2nc3cc(Br)cnc3n2CCN)c1. The maximum atomic E-state index is 5.73. The number of nitrogens with zero attached hydrogens (tertiary/aromatic N) is 3. The van der Waals surface area contributed by atoms with Gasteiger partial charge in [0.15, 0.2) is 5.65 Å². The Labute approximate surface area is 125 Å². The Hall–Kier alpha value is -1.72. The van der Waals surface area contributed by atoms with Crippen LogP contribution in [0.4, 0.5) is 0 Å². The number of fused-ring (bicyclic) bond motifs is 1. The van der Waals surface area contributed by atoms with Gasteiger partial charge >= 0.3 is 0 Å². The Bertz CT molecular complexity index is 764. The fraction of sp³-hybridized carbons (Fsp3) is 0.200. The number of hydrogen-bond acceptors (Lipinski definition) is 3. The van der Waals surface area contributed by atoms with Gasteiger partial charge in [-0.2, -0.15) is 0 Å². The van der Waals surface area contributed by atoms with Crippen molar-refractivity contribution in [1.29, 1.82) is 0 Å². The minimum atomic E-state index is 0.558. The molecule has 0 fully saturated rings. The van der Waals surface area contributed by atoms with E-state index in [1.165, 1.54) is 5.56 Å². The number of nitrogens with two attached hydrogens (primary N) is 1. The topological polar surface area (TPSA) is 56.7 Å². The van der Waals surface area contributed by atoms with Gasteiger partial charge in [0.25, 0.3) is 0 Å². The van der Waals surface area contributed by atoms with Gasteiger partial charge in [0.1, 0.15) is 11.3 Å². The zero-order valence-corrected chi connectivity index (χ0v) is 12.8. The Morgan fingerprint density at radius 1 is 1.30 bits per heavy atom. The number of pyridine rings is 1. The number of benzene rings is 1. The molecule has 20 heavy (non-hydrogen) atoms. The Morgan fingerprint density at radius 3 is 2.90 bits per heavy atom. The van der Waals surface area contributed by atoms with Crippen LogP contribution in [0.3, 0.4) is 0 Å². The average molecular weight is 331 g/mol. The monoisotopic (exact) mass is 330 g/mol. The van der Waals surface area contributed by atoms with Gasteiger partial charge in [-0.1, -0.05) is 23.8 Å². The number of hydrogen-bond donors (Lipinski definition) is 1. The fourth-order valence-electron chi connectivity index (χ4n) is 2.33. The molecule has 3 rings (SSSR count). The van der Waals surface area contributed by atoms with Crippen LogP contribution in [-0.4, -0.2) is 21.1 Å². The molecule has 0 aliphatic heterocycles. The van der Waals surface area contributed by atoms with E-state index in [1.54, 1.807) is 6.20 Å². The molecule has 2 heterocycles. The lowest BCUT2D eigenvalue weighted by Crippen LogP contribution is -2.11. The molecular formula is C15H15BrN4. The molecular weight excluding hydrogens is 316 g/mol. The first kappa shape index (κ1) is 13.3. The molecule has 0 bridgehead atoms. The normalized spacial score (nSPS) is 11.2. The molecule has 102 valence electrons. The maximum absolute atomic E-state index is 5.73. The third kappa shape index (κ3) is 2.34. The lowest BCUT2D eigenvalue weighted by molar-refractivity contribution is 0.729. The van der Waals surface area contributed by atoms with Crippen molar-refractivity contribution in [2.45, 2.75) is 13.5 Å². The van der Waals surface area contributed by atoms with E-state index in [4.69, 9.17) is 10.7 Å². The van der Waals surface area contributed by atoms with Gasteiger partial charge in [0, 0.05) is 29.3 Å². The molecule has 0 saturated carbocycles. The Morgan fingerprint density at radius 2 is 2.15 bits per heavy atom. The molecule has 0 atom stereocenters. The molecule has 0 saturated heterocycles. The first-order valence-electron chi connectivity index (χ1n) is 6.48. The van der Waals surface area contributed by atoms with Crippen LogP contribution < -0.4 is 5.73 Å². The van der Waals surface area contributed by atoms with Gasteiger partial charge in [0.05, 0.1) is 0 Å². The first-order valence-corrected chi connectivity index (χ1v) is 7.27. The highest BCUT2D eigenvalue weighted by Gasteiger charge is 2.13. The summed E-state index contributed by atoms with van der Waals surface area (Å²) in [6, 6.07) is 10.3. The van der Waals surface area contributed by atoms with E-state index in [0.717, 1.165) is 27.0 Å². The number of imidazole rings is 1. The van der Waals surface area contributed by atoms with Crippen LogP contribution in [0.5, 0.6) is 0 Å². The quantitative estimate of drug-likeness (QED) is 0.802. The number of halogens is 1. The molecule has 2 aromatic heterocycles. The van der Waals surface area contributed by atoms with Gasteiger partial charge in [-0.15, -0.1) is 0 Å². The summed E-state index contributed by atoms with van der Waals surface area (Å²) in [5.74, 6) is 0.916. The molecule has 0 aliphatic rings. The summed E-state index contributed by atoms with van der Waals surface area (Å²) >= 11 is 3.44. The summed E-state index contributed by atoms with van der Waals surface area (Å²) in [6.07, 6.45) is 1.79. The zero-order chi connectivity index (χ0) is 14.1. The molecule has 5 heteroatoms. The van der Waals surface area contributed by atoms with Gasteiger partial charge in [-0.05, 0) is 35.0 Å². The highest BCUT2D eigenvalue weighted by molar-refractivity contribution is 9.10. The van der Waals surface area contributed by atoms with E-state index in [0.29, 0.717) is 13.1 Å². The minimum absolute atomic E-state index is 0.558. The third-order valence-corrected chi connectivity index (χ3v) is 3.61. The van der Waals surface area contributed by atoms with Crippen molar-refractivity contribution in [1.82, 2.24) is 14.5 Å². The van der Waals surface area contributed by atoms with E-state index in [1.807, 2.05) is 12.1 Å². The zero-order valence-electron chi connectivity index (χ0n) is 11.2. The fourth-order valence-corrected chi connectivity index (χ4v) is 2.65. The Kier molecular flexibility index (Phi) is 3.54. The van der Waals surface area contributed by atoms with Crippen LogP contribution in [0.25, 0.3) is 22.6 Å². The maximum Gasteiger partial charge on any atom is 0.160 e. The standard InChI is InChI=1S/C15H15BrN4/c1-10-3-2-4-11(7-10)14-19-13-8-12(16)9-18-15(13)20(14)6-5-17/h2-4,7-9H,5-6,17H2,1H3. The summed E-state index contributed by atoms with van der Waals surface area (Å²) in [7, 11) is 0. The molecule has 4 nitrogen and oxygen atoms in total. The summed E-state index contributed by atoms with van der Waals surface area (Å²) in [6.45, 7) is 3.34. The minimum Gasteiger partial charge on any atom is -0.329 e. The average Bonchev–Trinajstić information content (AvgIpc) is 2.77. The van der Waals surface area contributed by atoms with E-state index in [-0.39, 0.29) is 0 Å². The highest BCUT2D eigenvalue weighted by Crippen LogP contribution is 2.25. The van der Waals surface area contributed by atoms with E-state index >= 15 is 0 Å². The highest BCUT2D eigenvalue weighted by atomic mass is 79.9. The third-order valence-electron chi connectivity index (χ3n) is 3.18. The molecule has 3 aromatic rings. The largest absolute Gasteiger partial charge is 0.329 e. The van der Waals surface area contributed by atoms with Crippen LogP contribution in [-0.2, 0) is 6.54 Å². The molecule has 2 N–H and O–H groups in total. The van der Waals surface area contributed by atoms with Crippen molar-refractivity contribution < 1.29 is 0 Å². The predicted molar refractivity (Wildman–Crippen MR) is 84.5 cm³/mol. The van der Waals surface area contributed by atoms with Crippen LogP contribution >= 0.6 is 15.9 Å². The molecule has 0 amide bonds. The summed E-state index contributed by atoms with van der Waals surface area (Å²) in [5.41, 5.74) is 9.78. The van der Waals surface area contributed by atoms with Crippen molar-refractivity contribution >= 4 is 27.1 Å². The predicted octanol–water partition coefficient (Wildman–Crippen LogP) is 3.13. The Balaban J connectivity index is 2.25. The summed E-state index contributed by atoms with van der Waals surface area (Å²) in [4.78, 5) is 9.18. The lowest BCUT2D eigenvalue weighted by atomic mass is 10.1. The van der Waals surface area contributed by atoms with Gasteiger partial charge in [-0.3, -0.25) is 0 Å². The van der Waals surface area contributed by atoms with Gasteiger partial charge in [0.2, 0.25) is 0 Å². The van der Waals surface area contributed by atoms with Crippen molar-refractivity contribution in [3.05, 3.63) is 46.6 Å². The van der Waals surface area contributed by atoms with Crippen LogP contribution in [0.15, 0.2) is 41.0 Å². The second kappa shape index (κ2) is 5.34. The molecule has 0 spiro atoms. The number of aromatic nitrogens is 3. The molecule has 0 radical (unpaired) electrons. The lowest BCUT2D eigenvalue weighted by Gasteiger charge is -2.07. The van der Waals surface area contributed by atoms with Crippen molar-refractivity contribution in [3.63, 3.8) is 0 Å². The van der Waals surface area contributed by atoms with Crippen molar-refractivity contribution in [2.75, 3.05) is 6.54 Å². The van der Waals surface area contributed by atoms with Crippen molar-refractivity contribution in [3.8, 4) is 11.4 Å². The number of aryl methyl sites for hydroxylation is 1. The first-order chi connectivity index (χ1) is 9.69. The number of rotatable bonds is 3. The van der Waals surface area contributed by atoms with Crippen LogP contribution in [0, 0.1) is 6.92 Å². The van der Waals surface area contributed by atoms with Gasteiger partial charge < -0.3 is 10.3 Å². The van der Waals surface area contributed by atoms with E-state index in [2.05, 4.69) is 50.6 Å². The second-order valence-electron chi connectivity index (χ2n) is 4.74. The summed E-state index contributed by atoms with van der Waals surface area (Å²) in [5, 5.41) is 0. The van der Waals surface area contributed by atoms with Crippen LogP contribution in [0.1, 0.15) is 5.56 Å². The molecule has 1 aromatic carbocycles.